The number of rotatable bonds is 2. The highest BCUT2D eigenvalue weighted by Gasteiger charge is 2.35. The van der Waals surface area contributed by atoms with E-state index in [1.807, 2.05) is 31.2 Å². The Kier molecular flexibility index (Phi) is 4.34. The molecule has 1 aliphatic rings. The lowest BCUT2D eigenvalue weighted by Gasteiger charge is -2.33. The minimum absolute atomic E-state index is 0.174. The van der Waals surface area contributed by atoms with Crippen LogP contribution in [0.2, 0.25) is 0 Å². The zero-order valence-electron chi connectivity index (χ0n) is 13.2. The van der Waals surface area contributed by atoms with Gasteiger partial charge in [0.1, 0.15) is 0 Å². The van der Waals surface area contributed by atoms with E-state index in [0.717, 1.165) is 23.3 Å². The van der Waals surface area contributed by atoms with Crippen LogP contribution in [-0.4, -0.2) is 11.2 Å². The number of nitrogens with zero attached hydrogens (tertiary/aromatic N) is 1. The molecule has 0 aromatic heterocycles. The highest BCUT2D eigenvalue weighted by atomic mass is 32.2. The van der Waals surface area contributed by atoms with Gasteiger partial charge in [-0.15, -0.1) is 11.8 Å². The molecule has 3 rings (SSSR count). The number of fused-ring (bicyclic) bond motifs is 1. The van der Waals surface area contributed by atoms with Gasteiger partial charge in [-0.2, -0.15) is 13.2 Å². The van der Waals surface area contributed by atoms with Crippen LogP contribution in [0.25, 0.3) is 0 Å². The molecule has 0 bridgehead atoms. The monoisotopic (exact) mass is 351 g/mol. The summed E-state index contributed by atoms with van der Waals surface area (Å²) in [6.45, 7) is 3.99. The standard InChI is InChI=1S/C18H16F3NOS/c1-11-3-5-13(6-4-11)10-22-15-9-14(18(19,20)21)7-8-16(15)24-12(2)17(22)23/h3-9,12H,10H2,1-2H3. The fourth-order valence-electron chi connectivity index (χ4n) is 2.62. The number of hydrogen-bond acceptors (Lipinski definition) is 2. The number of benzene rings is 2. The number of amides is 1. The summed E-state index contributed by atoms with van der Waals surface area (Å²) in [5.41, 5.74) is 1.57. The largest absolute Gasteiger partial charge is 0.416 e. The van der Waals surface area contributed by atoms with Gasteiger partial charge in [-0.05, 0) is 37.6 Å². The Balaban J connectivity index is 2.02. The molecule has 0 fully saturated rings. The van der Waals surface area contributed by atoms with Gasteiger partial charge in [0.05, 0.1) is 23.0 Å². The zero-order valence-corrected chi connectivity index (χ0v) is 14.0. The lowest BCUT2D eigenvalue weighted by molar-refractivity contribution is -0.137. The molecule has 1 amide bonds. The molecule has 0 saturated carbocycles. The van der Waals surface area contributed by atoms with Crippen molar-refractivity contribution in [3.63, 3.8) is 0 Å². The van der Waals surface area contributed by atoms with Crippen molar-refractivity contribution in [1.29, 1.82) is 0 Å². The number of halogens is 3. The average Bonchev–Trinajstić information content (AvgIpc) is 2.52. The summed E-state index contributed by atoms with van der Waals surface area (Å²) in [7, 11) is 0. The first-order valence-electron chi connectivity index (χ1n) is 7.50. The van der Waals surface area contributed by atoms with Crippen LogP contribution in [0.3, 0.4) is 0 Å². The first-order chi connectivity index (χ1) is 11.3. The normalized spacial score (nSPS) is 17.8. The van der Waals surface area contributed by atoms with Gasteiger partial charge in [0, 0.05) is 4.90 Å². The van der Waals surface area contributed by atoms with E-state index in [0.29, 0.717) is 10.6 Å². The molecule has 0 N–H and O–H groups in total. The van der Waals surface area contributed by atoms with Crippen LogP contribution < -0.4 is 4.90 Å². The predicted molar refractivity (Wildman–Crippen MR) is 89.1 cm³/mol. The SMILES string of the molecule is Cc1ccc(CN2C(=O)C(C)Sc3ccc(C(F)(F)F)cc32)cc1. The quantitative estimate of drug-likeness (QED) is 0.755. The van der Waals surface area contributed by atoms with Crippen molar-refractivity contribution in [2.75, 3.05) is 4.90 Å². The molecular formula is C18H16F3NOS. The Morgan fingerprint density at radius 2 is 1.79 bits per heavy atom. The van der Waals surface area contributed by atoms with Crippen molar-refractivity contribution in [1.82, 2.24) is 0 Å². The summed E-state index contributed by atoms with van der Waals surface area (Å²) in [5.74, 6) is -0.174. The molecule has 126 valence electrons. The van der Waals surface area contributed by atoms with Gasteiger partial charge >= 0.3 is 6.18 Å². The Morgan fingerprint density at radius 3 is 2.42 bits per heavy atom. The van der Waals surface area contributed by atoms with Crippen molar-refractivity contribution >= 4 is 23.4 Å². The lowest BCUT2D eigenvalue weighted by atomic mass is 10.1. The Morgan fingerprint density at radius 1 is 1.12 bits per heavy atom. The molecule has 2 aromatic carbocycles. The maximum absolute atomic E-state index is 13.0. The fourth-order valence-corrected chi connectivity index (χ4v) is 3.67. The second-order valence-corrected chi connectivity index (χ2v) is 7.23. The van der Waals surface area contributed by atoms with Gasteiger partial charge in [0.25, 0.3) is 0 Å². The van der Waals surface area contributed by atoms with E-state index in [1.54, 1.807) is 6.92 Å². The highest BCUT2D eigenvalue weighted by Crippen LogP contribution is 2.42. The van der Waals surface area contributed by atoms with Gasteiger partial charge in [-0.3, -0.25) is 4.79 Å². The van der Waals surface area contributed by atoms with E-state index in [9.17, 15) is 18.0 Å². The van der Waals surface area contributed by atoms with E-state index < -0.39 is 11.7 Å². The van der Waals surface area contributed by atoms with Crippen LogP contribution >= 0.6 is 11.8 Å². The smallest absolute Gasteiger partial charge is 0.306 e. The number of thioether (sulfide) groups is 1. The summed E-state index contributed by atoms with van der Waals surface area (Å²) < 4.78 is 39.1. The third-order valence-corrected chi connectivity index (χ3v) is 5.11. The maximum Gasteiger partial charge on any atom is 0.416 e. The molecule has 1 unspecified atom stereocenters. The van der Waals surface area contributed by atoms with Gasteiger partial charge < -0.3 is 4.90 Å². The van der Waals surface area contributed by atoms with Crippen LogP contribution in [0.5, 0.6) is 0 Å². The molecule has 0 spiro atoms. The molecule has 0 aliphatic carbocycles. The second kappa shape index (κ2) is 6.16. The minimum atomic E-state index is -4.43. The molecular weight excluding hydrogens is 335 g/mol. The molecule has 1 aliphatic heterocycles. The van der Waals surface area contributed by atoms with E-state index >= 15 is 0 Å². The first kappa shape index (κ1) is 16.9. The summed E-state index contributed by atoms with van der Waals surface area (Å²) >= 11 is 1.30. The predicted octanol–water partition coefficient (Wildman–Crippen LogP) is 5.04. The van der Waals surface area contributed by atoms with Crippen molar-refractivity contribution in [2.24, 2.45) is 0 Å². The zero-order chi connectivity index (χ0) is 17.5. The highest BCUT2D eigenvalue weighted by molar-refractivity contribution is 8.00. The Labute approximate surface area is 142 Å². The van der Waals surface area contributed by atoms with E-state index in [2.05, 4.69) is 0 Å². The summed E-state index contributed by atoms with van der Waals surface area (Å²) in [6, 6.07) is 11.2. The Bertz CT molecular complexity index is 771. The summed E-state index contributed by atoms with van der Waals surface area (Å²) in [6.07, 6.45) is -4.43. The van der Waals surface area contributed by atoms with Crippen molar-refractivity contribution in [2.45, 2.75) is 36.7 Å². The molecule has 0 radical (unpaired) electrons. The average molecular weight is 351 g/mol. The minimum Gasteiger partial charge on any atom is -0.306 e. The van der Waals surface area contributed by atoms with Crippen molar-refractivity contribution in [3.8, 4) is 0 Å². The fraction of sp³-hybridized carbons (Fsp3) is 0.278. The first-order valence-corrected chi connectivity index (χ1v) is 8.38. The lowest BCUT2D eigenvalue weighted by Crippen LogP contribution is -2.39. The third kappa shape index (κ3) is 3.29. The molecule has 2 aromatic rings. The molecule has 24 heavy (non-hydrogen) atoms. The van der Waals surface area contributed by atoms with Gasteiger partial charge in [-0.25, -0.2) is 0 Å². The number of hydrogen-bond donors (Lipinski definition) is 0. The maximum atomic E-state index is 13.0. The number of alkyl halides is 3. The molecule has 2 nitrogen and oxygen atoms in total. The van der Waals surface area contributed by atoms with Crippen molar-refractivity contribution in [3.05, 3.63) is 59.2 Å². The van der Waals surface area contributed by atoms with Crippen LogP contribution in [0.1, 0.15) is 23.6 Å². The number of carbonyl (C=O) groups excluding carboxylic acids is 1. The van der Waals surface area contributed by atoms with Crippen LogP contribution in [0.4, 0.5) is 18.9 Å². The molecule has 1 heterocycles. The van der Waals surface area contributed by atoms with E-state index in [4.69, 9.17) is 0 Å². The van der Waals surface area contributed by atoms with Gasteiger partial charge in [0.15, 0.2) is 0 Å². The topological polar surface area (TPSA) is 20.3 Å². The second-order valence-electron chi connectivity index (χ2n) is 5.85. The summed E-state index contributed by atoms with van der Waals surface area (Å²) in [4.78, 5) is 14.7. The van der Waals surface area contributed by atoms with Gasteiger partial charge in [-0.1, -0.05) is 29.8 Å². The van der Waals surface area contributed by atoms with E-state index in [-0.39, 0.29) is 17.7 Å². The summed E-state index contributed by atoms with van der Waals surface area (Å²) in [5, 5.41) is -0.320. The van der Waals surface area contributed by atoms with E-state index in [1.165, 1.54) is 22.7 Å². The van der Waals surface area contributed by atoms with Gasteiger partial charge in [0.2, 0.25) is 5.91 Å². The van der Waals surface area contributed by atoms with Crippen LogP contribution in [0, 0.1) is 6.92 Å². The molecule has 6 heteroatoms. The number of carbonyl (C=O) groups is 1. The number of aryl methyl sites for hydroxylation is 1. The molecule has 0 saturated heterocycles. The van der Waals surface area contributed by atoms with Crippen LogP contribution in [-0.2, 0) is 17.5 Å². The molecule has 1 atom stereocenters. The van der Waals surface area contributed by atoms with Crippen molar-refractivity contribution < 1.29 is 18.0 Å². The third-order valence-electron chi connectivity index (χ3n) is 3.96. The Hall–Kier alpha value is -1.95. The number of anilines is 1. The van der Waals surface area contributed by atoms with Crippen LogP contribution in [0.15, 0.2) is 47.4 Å².